The number of carbonyl (C=O) groups excluding carboxylic acids is 1. The Morgan fingerprint density at radius 3 is 2.62 bits per heavy atom. The van der Waals surface area contributed by atoms with Crippen molar-refractivity contribution in [3.8, 4) is 5.75 Å². The highest BCUT2D eigenvalue weighted by atomic mass is 35.5. The van der Waals surface area contributed by atoms with Gasteiger partial charge in [0.05, 0.1) is 6.54 Å². The Balaban J connectivity index is 1.61. The van der Waals surface area contributed by atoms with Crippen LogP contribution in [0, 0.1) is 5.82 Å². The van der Waals surface area contributed by atoms with Crippen LogP contribution in [0.1, 0.15) is 11.1 Å². The summed E-state index contributed by atoms with van der Waals surface area (Å²) in [6.07, 6.45) is 4.22. The second-order valence-corrected chi connectivity index (χ2v) is 6.29. The third kappa shape index (κ3) is 5.86. The predicted octanol–water partition coefficient (Wildman–Crippen LogP) is 4.98. The van der Waals surface area contributed by atoms with Crippen molar-refractivity contribution in [1.29, 1.82) is 0 Å². The van der Waals surface area contributed by atoms with Crippen LogP contribution >= 0.6 is 11.6 Å². The lowest BCUT2D eigenvalue weighted by Gasteiger charge is -2.04. The molecule has 1 amide bonds. The molecule has 0 aliphatic rings. The van der Waals surface area contributed by atoms with Gasteiger partial charge in [-0.05, 0) is 29.8 Å². The van der Waals surface area contributed by atoms with E-state index in [0.717, 1.165) is 0 Å². The Labute approximate surface area is 169 Å². The number of hydrogen-bond acceptors (Lipinski definition) is 3. The number of rotatable bonds is 7. The molecule has 0 aliphatic heterocycles. The zero-order valence-electron chi connectivity index (χ0n) is 14.9. The first kappa shape index (κ1) is 20.5. The normalized spacial score (nSPS) is 11.2. The number of hydrogen-bond donors (Lipinski definition) is 1. The summed E-state index contributed by atoms with van der Waals surface area (Å²) in [5.41, 5.74) is 1.04. The maximum atomic E-state index is 13.7. The lowest BCUT2D eigenvalue weighted by Crippen LogP contribution is -2.10. The number of anilines is 1. The lowest BCUT2D eigenvalue weighted by molar-refractivity contribution is -0.111. The molecular weight excluding hydrogens is 407 g/mol. The number of ether oxygens (including phenoxy) is 1. The summed E-state index contributed by atoms with van der Waals surface area (Å²) in [6.45, 7) is -2.74. The van der Waals surface area contributed by atoms with Gasteiger partial charge in [0, 0.05) is 17.8 Å². The second-order valence-electron chi connectivity index (χ2n) is 5.88. The van der Waals surface area contributed by atoms with Gasteiger partial charge in [0.1, 0.15) is 16.6 Å². The Hall–Kier alpha value is -3.26. The molecule has 29 heavy (non-hydrogen) atoms. The molecule has 9 heteroatoms. The van der Waals surface area contributed by atoms with Gasteiger partial charge in [0.15, 0.2) is 5.82 Å². The van der Waals surface area contributed by atoms with Crippen LogP contribution in [0.5, 0.6) is 5.75 Å². The van der Waals surface area contributed by atoms with E-state index in [-0.39, 0.29) is 29.0 Å². The van der Waals surface area contributed by atoms with Crippen molar-refractivity contribution >= 4 is 29.4 Å². The van der Waals surface area contributed by atoms with Gasteiger partial charge in [-0.15, -0.1) is 0 Å². The molecule has 0 aliphatic carbocycles. The quantitative estimate of drug-likeness (QED) is 0.547. The molecule has 0 saturated heterocycles. The van der Waals surface area contributed by atoms with E-state index in [1.165, 1.54) is 53.4 Å². The Bertz CT molecular complexity index is 1020. The first-order valence-corrected chi connectivity index (χ1v) is 8.79. The fourth-order valence-electron chi connectivity index (χ4n) is 2.45. The van der Waals surface area contributed by atoms with Crippen molar-refractivity contribution in [3.05, 3.63) is 82.8 Å². The van der Waals surface area contributed by atoms with Crippen LogP contribution in [0.25, 0.3) is 6.08 Å². The van der Waals surface area contributed by atoms with E-state index in [4.69, 9.17) is 11.6 Å². The van der Waals surface area contributed by atoms with Crippen molar-refractivity contribution in [2.75, 3.05) is 5.32 Å². The number of aromatic nitrogens is 2. The molecule has 3 aromatic rings. The maximum absolute atomic E-state index is 13.7. The number of carbonyl (C=O) groups is 1. The third-order valence-electron chi connectivity index (χ3n) is 3.78. The van der Waals surface area contributed by atoms with E-state index in [0.29, 0.717) is 11.1 Å². The van der Waals surface area contributed by atoms with Gasteiger partial charge in [-0.1, -0.05) is 41.9 Å². The summed E-state index contributed by atoms with van der Waals surface area (Å²) >= 11 is 6.08. The molecule has 0 bridgehead atoms. The summed E-state index contributed by atoms with van der Waals surface area (Å²) in [6, 6.07) is 12.1. The van der Waals surface area contributed by atoms with Gasteiger partial charge in [0.25, 0.3) is 0 Å². The van der Waals surface area contributed by atoms with Gasteiger partial charge in [0.2, 0.25) is 5.91 Å². The number of nitrogens with zero attached hydrogens (tertiary/aromatic N) is 2. The first-order valence-electron chi connectivity index (χ1n) is 8.41. The molecule has 3 rings (SSSR count). The summed E-state index contributed by atoms with van der Waals surface area (Å²) < 4.78 is 43.7. The molecule has 2 aromatic carbocycles. The van der Waals surface area contributed by atoms with Crippen LogP contribution in [-0.4, -0.2) is 22.3 Å². The van der Waals surface area contributed by atoms with E-state index in [9.17, 15) is 18.0 Å². The molecule has 150 valence electrons. The maximum Gasteiger partial charge on any atom is 0.387 e. The summed E-state index contributed by atoms with van der Waals surface area (Å²) in [4.78, 5) is 12.1. The largest absolute Gasteiger partial charge is 0.435 e. The minimum atomic E-state index is -2.90. The molecule has 0 atom stereocenters. The summed E-state index contributed by atoms with van der Waals surface area (Å²) in [5, 5.41) is 6.88. The number of halogens is 4. The SMILES string of the molecule is O=C(/C=C\c1ccc(OC(F)F)cc1)Nc1nn(Cc2ccccc2F)cc1Cl. The van der Waals surface area contributed by atoms with Crippen molar-refractivity contribution < 1.29 is 22.7 Å². The molecule has 0 saturated carbocycles. The monoisotopic (exact) mass is 421 g/mol. The fraction of sp³-hybridized carbons (Fsp3) is 0.100. The van der Waals surface area contributed by atoms with E-state index in [2.05, 4.69) is 15.2 Å². The van der Waals surface area contributed by atoms with Crippen LogP contribution < -0.4 is 10.1 Å². The van der Waals surface area contributed by atoms with Gasteiger partial charge >= 0.3 is 6.61 Å². The fourth-order valence-corrected chi connectivity index (χ4v) is 2.65. The van der Waals surface area contributed by atoms with Gasteiger partial charge in [-0.2, -0.15) is 13.9 Å². The van der Waals surface area contributed by atoms with Crippen molar-refractivity contribution in [3.63, 3.8) is 0 Å². The van der Waals surface area contributed by atoms with E-state index >= 15 is 0 Å². The minimum absolute atomic E-state index is 0.0220. The Kier molecular flexibility index (Phi) is 6.56. The van der Waals surface area contributed by atoms with Crippen LogP contribution in [-0.2, 0) is 11.3 Å². The number of benzene rings is 2. The Morgan fingerprint density at radius 2 is 1.93 bits per heavy atom. The highest BCUT2D eigenvalue weighted by Crippen LogP contribution is 2.21. The second kappa shape index (κ2) is 9.29. The van der Waals surface area contributed by atoms with Crippen LogP contribution in [0.15, 0.2) is 60.8 Å². The molecule has 0 spiro atoms. The number of alkyl halides is 2. The number of amides is 1. The smallest absolute Gasteiger partial charge is 0.387 e. The van der Waals surface area contributed by atoms with Crippen LogP contribution in [0.4, 0.5) is 19.0 Å². The highest BCUT2D eigenvalue weighted by Gasteiger charge is 2.11. The lowest BCUT2D eigenvalue weighted by atomic mass is 10.2. The molecule has 1 aromatic heterocycles. The standard InChI is InChI=1S/C20H15ClF3N3O2/c21-16-12-27(11-14-3-1-2-4-17(14)22)26-19(16)25-18(28)10-7-13-5-8-15(9-6-13)29-20(23)24/h1-10,12,20H,11H2,(H,25,26,28)/b10-7-. The van der Waals surface area contributed by atoms with E-state index in [1.807, 2.05) is 0 Å². The molecule has 1 heterocycles. The zero-order valence-corrected chi connectivity index (χ0v) is 15.6. The molecular formula is C20H15ClF3N3O2. The topological polar surface area (TPSA) is 56.1 Å². The van der Waals surface area contributed by atoms with E-state index < -0.39 is 12.5 Å². The minimum Gasteiger partial charge on any atom is -0.435 e. The third-order valence-corrected chi connectivity index (χ3v) is 4.06. The molecule has 5 nitrogen and oxygen atoms in total. The Morgan fingerprint density at radius 1 is 1.21 bits per heavy atom. The van der Waals surface area contributed by atoms with Crippen molar-refractivity contribution in [2.45, 2.75) is 13.2 Å². The molecule has 1 N–H and O–H groups in total. The molecule has 0 radical (unpaired) electrons. The average Bonchev–Trinajstić information content (AvgIpc) is 3.01. The number of nitrogens with one attached hydrogen (secondary N) is 1. The summed E-state index contributed by atoms with van der Waals surface area (Å²) in [5.74, 6) is -0.694. The highest BCUT2D eigenvalue weighted by molar-refractivity contribution is 6.33. The van der Waals surface area contributed by atoms with Gasteiger partial charge < -0.3 is 10.1 Å². The van der Waals surface area contributed by atoms with Crippen molar-refractivity contribution in [1.82, 2.24) is 9.78 Å². The van der Waals surface area contributed by atoms with Crippen molar-refractivity contribution in [2.24, 2.45) is 0 Å². The first-order chi connectivity index (χ1) is 13.9. The van der Waals surface area contributed by atoms with Gasteiger partial charge in [-0.3, -0.25) is 9.48 Å². The van der Waals surface area contributed by atoms with Gasteiger partial charge in [-0.25, -0.2) is 4.39 Å². The van der Waals surface area contributed by atoms with Crippen LogP contribution in [0.2, 0.25) is 5.02 Å². The average molecular weight is 422 g/mol. The zero-order chi connectivity index (χ0) is 20.8. The summed E-state index contributed by atoms with van der Waals surface area (Å²) in [7, 11) is 0. The molecule has 0 unspecified atom stereocenters. The van der Waals surface area contributed by atoms with E-state index in [1.54, 1.807) is 18.2 Å². The molecule has 0 fully saturated rings. The van der Waals surface area contributed by atoms with Crippen LogP contribution in [0.3, 0.4) is 0 Å². The predicted molar refractivity (Wildman–Crippen MR) is 103 cm³/mol.